The fraction of sp³-hybridized carbons (Fsp3) is 0. The second kappa shape index (κ2) is 5.07. The summed E-state index contributed by atoms with van der Waals surface area (Å²) < 4.78 is 19.2. The van der Waals surface area contributed by atoms with Crippen molar-refractivity contribution in [1.82, 2.24) is 9.97 Å². The highest BCUT2D eigenvalue weighted by Gasteiger charge is 2.09. The molecule has 7 heteroatoms. The third-order valence-electron chi connectivity index (χ3n) is 1.88. The molecule has 0 saturated heterocycles. The molecule has 0 unspecified atom stereocenters. The molecule has 88 valence electrons. The molecule has 0 fully saturated rings. The van der Waals surface area contributed by atoms with Gasteiger partial charge in [0.05, 0.1) is 10.7 Å². The first-order valence-corrected chi connectivity index (χ1v) is 5.41. The molecular weight excluding hydrogens is 291 g/mol. The van der Waals surface area contributed by atoms with Crippen molar-refractivity contribution in [2.24, 2.45) is 5.84 Å². The van der Waals surface area contributed by atoms with Gasteiger partial charge in [-0.1, -0.05) is 12.1 Å². The maximum atomic E-state index is 13.4. The van der Waals surface area contributed by atoms with E-state index in [1.54, 1.807) is 12.1 Å². The molecule has 17 heavy (non-hydrogen) atoms. The largest absolute Gasteiger partial charge is 0.435 e. The zero-order valence-corrected chi connectivity index (χ0v) is 10.1. The standard InChI is InChI=1S/C10H8BrFN4O/c11-6-5-14-10(16-13)15-9(6)17-8-4-2-1-3-7(8)12/h1-5H,13H2,(H,14,15,16). The van der Waals surface area contributed by atoms with Gasteiger partial charge in [-0.25, -0.2) is 15.2 Å². The van der Waals surface area contributed by atoms with Crippen molar-refractivity contribution in [2.75, 3.05) is 5.43 Å². The summed E-state index contributed by atoms with van der Waals surface area (Å²) in [5.74, 6) is 5.14. The minimum Gasteiger partial charge on any atom is -0.435 e. The number of nitrogens with two attached hydrogens (primary N) is 1. The highest BCUT2D eigenvalue weighted by molar-refractivity contribution is 9.10. The van der Waals surface area contributed by atoms with Gasteiger partial charge in [-0.05, 0) is 28.1 Å². The van der Waals surface area contributed by atoms with Crippen molar-refractivity contribution < 1.29 is 9.13 Å². The van der Waals surface area contributed by atoms with Crippen molar-refractivity contribution in [3.8, 4) is 11.6 Å². The zero-order valence-electron chi connectivity index (χ0n) is 8.52. The Kier molecular flexibility index (Phi) is 3.50. The van der Waals surface area contributed by atoms with Crippen LogP contribution in [0, 0.1) is 5.82 Å². The van der Waals surface area contributed by atoms with Crippen LogP contribution in [0.15, 0.2) is 34.9 Å². The Bertz CT molecular complexity index is 537. The molecule has 0 aliphatic heterocycles. The van der Waals surface area contributed by atoms with Gasteiger partial charge in [0.1, 0.15) is 0 Å². The van der Waals surface area contributed by atoms with Crippen LogP contribution in [0.1, 0.15) is 0 Å². The van der Waals surface area contributed by atoms with Gasteiger partial charge in [0.15, 0.2) is 11.6 Å². The Morgan fingerprint density at radius 3 is 2.82 bits per heavy atom. The predicted octanol–water partition coefficient (Wildman–Crippen LogP) is 2.46. The number of hydrazine groups is 1. The van der Waals surface area contributed by atoms with Crippen LogP contribution < -0.4 is 16.0 Å². The van der Waals surface area contributed by atoms with E-state index in [-0.39, 0.29) is 17.6 Å². The van der Waals surface area contributed by atoms with E-state index in [0.717, 1.165) is 0 Å². The third-order valence-corrected chi connectivity index (χ3v) is 2.43. The molecule has 0 atom stereocenters. The lowest BCUT2D eigenvalue weighted by Crippen LogP contribution is -2.10. The second-order valence-electron chi connectivity index (χ2n) is 3.02. The van der Waals surface area contributed by atoms with Crippen LogP contribution in [0.4, 0.5) is 10.3 Å². The molecule has 0 radical (unpaired) electrons. The first-order chi connectivity index (χ1) is 8.20. The fourth-order valence-corrected chi connectivity index (χ4v) is 1.40. The van der Waals surface area contributed by atoms with E-state index in [9.17, 15) is 4.39 Å². The lowest BCUT2D eigenvalue weighted by molar-refractivity contribution is 0.424. The number of ether oxygens (including phenoxy) is 1. The first kappa shape index (κ1) is 11.7. The normalized spacial score (nSPS) is 10.1. The summed E-state index contributed by atoms with van der Waals surface area (Å²) in [5, 5.41) is 0. The number of para-hydroxylation sites is 1. The number of anilines is 1. The van der Waals surface area contributed by atoms with E-state index in [4.69, 9.17) is 10.6 Å². The van der Waals surface area contributed by atoms with E-state index in [1.165, 1.54) is 18.3 Å². The van der Waals surface area contributed by atoms with E-state index in [0.29, 0.717) is 4.47 Å². The van der Waals surface area contributed by atoms with Crippen molar-refractivity contribution >= 4 is 21.9 Å². The SMILES string of the molecule is NNc1ncc(Br)c(Oc2ccccc2F)n1. The third kappa shape index (κ3) is 2.69. The quantitative estimate of drug-likeness (QED) is 0.673. The minimum absolute atomic E-state index is 0.0786. The second-order valence-corrected chi connectivity index (χ2v) is 3.88. The van der Waals surface area contributed by atoms with E-state index in [1.807, 2.05) is 0 Å². The molecule has 1 aromatic carbocycles. The van der Waals surface area contributed by atoms with Gasteiger partial charge in [0.25, 0.3) is 0 Å². The number of rotatable bonds is 3. The molecule has 0 saturated carbocycles. The summed E-state index contributed by atoms with van der Waals surface area (Å²) in [5.41, 5.74) is 2.28. The summed E-state index contributed by atoms with van der Waals surface area (Å²) in [4.78, 5) is 7.80. The van der Waals surface area contributed by atoms with Crippen LogP contribution in [0.25, 0.3) is 0 Å². The Hall–Kier alpha value is -1.73. The van der Waals surface area contributed by atoms with Gasteiger partial charge < -0.3 is 4.74 Å². The van der Waals surface area contributed by atoms with Crippen molar-refractivity contribution in [1.29, 1.82) is 0 Å². The number of halogens is 2. The molecule has 0 bridgehead atoms. The lowest BCUT2D eigenvalue weighted by atomic mass is 10.3. The number of nitrogens with zero attached hydrogens (tertiary/aromatic N) is 2. The lowest BCUT2D eigenvalue weighted by Gasteiger charge is -2.08. The molecular formula is C10H8BrFN4O. The van der Waals surface area contributed by atoms with Gasteiger partial charge in [-0.2, -0.15) is 4.98 Å². The minimum atomic E-state index is -0.472. The molecule has 0 aliphatic rings. The predicted molar refractivity (Wildman–Crippen MR) is 64.0 cm³/mol. The Morgan fingerprint density at radius 2 is 2.12 bits per heavy atom. The molecule has 2 aromatic rings. The first-order valence-electron chi connectivity index (χ1n) is 4.62. The van der Waals surface area contributed by atoms with Crippen molar-refractivity contribution in [2.45, 2.75) is 0 Å². The zero-order chi connectivity index (χ0) is 12.3. The molecule has 0 amide bonds. The van der Waals surface area contributed by atoms with Crippen LogP contribution in [0.3, 0.4) is 0 Å². The molecule has 5 nitrogen and oxygen atoms in total. The summed E-state index contributed by atoms with van der Waals surface area (Å²) in [6.45, 7) is 0. The average molecular weight is 299 g/mol. The number of hydrogen-bond acceptors (Lipinski definition) is 5. The van der Waals surface area contributed by atoms with E-state index >= 15 is 0 Å². The maximum absolute atomic E-state index is 13.4. The van der Waals surface area contributed by atoms with Crippen LogP contribution in [-0.2, 0) is 0 Å². The Morgan fingerprint density at radius 1 is 1.35 bits per heavy atom. The van der Waals surface area contributed by atoms with Crippen LogP contribution in [0.5, 0.6) is 11.6 Å². The van der Waals surface area contributed by atoms with Gasteiger partial charge in [-0.3, -0.25) is 5.43 Å². The van der Waals surface area contributed by atoms with Gasteiger partial charge in [-0.15, -0.1) is 0 Å². The monoisotopic (exact) mass is 298 g/mol. The Labute approximate surface area is 105 Å². The topological polar surface area (TPSA) is 73.1 Å². The smallest absolute Gasteiger partial charge is 0.240 e. The summed E-state index contributed by atoms with van der Waals surface area (Å²) in [7, 11) is 0. The number of nitrogen functional groups attached to an aromatic ring is 1. The molecule has 0 aliphatic carbocycles. The van der Waals surface area contributed by atoms with Crippen LogP contribution in [-0.4, -0.2) is 9.97 Å². The highest BCUT2D eigenvalue weighted by atomic mass is 79.9. The molecule has 1 heterocycles. The van der Waals surface area contributed by atoms with Gasteiger partial charge in [0, 0.05) is 0 Å². The molecule has 1 aromatic heterocycles. The van der Waals surface area contributed by atoms with Crippen LogP contribution >= 0.6 is 15.9 Å². The summed E-state index contributed by atoms with van der Waals surface area (Å²) in [6, 6.07) is 6.03. The molecule has 0 spiro atoms. The Balaban J connectivity index is 2.32. The number of nitrogens with one attached hydrogen (secondary N) is 1. The van der Waals surface area contributed by atoms with Gasteiger partial charge in [0.2, 0.25) is 11.8 Å². The number of aromatic nitrogens is 2. The van der Waals surface area contributed by atoms with Crippen molar-refractivity contribution in [3.05, 3.63) is 40.8 Å². The van der Waals surface area contributed by atoms with Crippen LogP contribution in [0.2, 0.25) is 0 Å². The van der Waals surface area contributed by atoms with Gasteiger partial charge >= 0.3 is 0 Å². The number of benzene rings is 1. The maximum Gasteiger partial charge on any atom is 0.240 e. The summed E-state index contributed by atoms with van der Waals surface area (Å²) in [6.07, 6.45) is 1.46. The van der Waals surface area contributed by atoms with E-state index in [2.05, 4.69) is 31.3 Å². The summed E-state index contributed by atoms with van der Waals surface area (Å²) >= 11 is 3.20. The molecule has 3 N–H and O–H groups in total. The number of hydrogen-bond donors (Lipinski definition) is 2. The fourth-order valence-electron chi connectivity index (χ4n) is 1.12. The van der Waals surface area contributed by atoms with Crippen molar-refractivity contribution in [3.63, 3.8) is 0 Å². The average Bonchev–Trinajstić information content (AvgIpc) is 2.35. The van der Waals surface area contributed by atoms with E-state index < -0.39 is 5.82 Å². The highest BCUT2D eigenvalue weighted by Crippen LogP contribution is 2.29. The molecule has 2 rings (SSSR count).